The summed E-state index contributed by atoms with van der Waals surface area (Å²) in [6.45, 7) is 3.10. The van der Waals surface area contributed by atoms with E-state index < -0.39 is 5.60 Å². The van der Waals surface area contributed by atoms with Crippen LogP contribution in [0.15, 0.2) is 12.3 Å². The number of aryl methyl sites for hydroxylation is 1. The van der Waals surface area contributed by atoms with Crippen molar-refractivity contribution < 1.29 is 5.11 Å². The molecule has 3 heteroatoms. The SMILES string of the molecule is CCCn1nccc1C1(O)CC2CC1C1CCCC21. The van der Waals surface area contributed by atoms with Crippen LogP contribution in [0.4, 0.5) is 0 Å². The summed E-state index contributed by atoms with van der Waals surface area (Å²) in [6.07, 6.45) is 9.31. The quantitative estimate of drug-likeness (QED) is 0.907. The summed E-state index contributed by atoms with van der Waals surface area (Å²) in [5.74, 6) is 2.98. The molecule has 3 aliphatic rings. The molecule has 3 fully saturated rings. The Kier molecular flexibility index (Phi) is 2.57. The molecule has 5 atom stereocenters. The Labute approximate surface area is 115 Å². The zero-order valence-electron chi connectivity index (χ0n) is 11.8. The van der Waals surface area contributed by atoms with E-state index in [9.17, 15) is 5.11 Å². The van der Waals surface area contributed by atoms with Crippen molar-refractivity contribution in [2.75, 3.05) is 0 Å². The van der Waals surface area contributed by atoms with Gasteiger partial charge < -0.3 is 5.11 Å². The Bertz CT molecular complexity index is 483. The van der Waals surface area contributed by atoms with E-state index in [0.29, 0.717) is 5.92 Å². The van der Waals surface area contributed by atoms with Crippen LogP contribution in [-0.2, 0) is 12.1 Å². The zero-order valence-corrected chi connectivity index (χ0v) is 11.8. The number of rotatable bonds is 3. The van der Waals surface area contributed by atoms with Crippen LogP contribution in [0.25, 0.3) is 0 Å². The van der Waals surface area contributed by atoms with Crippen molar-refractivity contribution in [1.82, 2.24) is 9.78 Å². The third-order valence-electron chi connectivity index (χ3n) is 6.09. The lowest BCUT2D eigenvalue weighted by Gasteiger charge is -2.39. The first-order valence-corrected chi connectivity index (χ1v) is 7.98. The summed E-state index contributed by atoms with van der Waals surface area (Å²) in [6, 6.07) is 2.06. The van der Waals surface area contributed by atoms with Gasteiger partial charge in [-0.2, -0.15) is 5.10 Å². The number of hydrogen-bond acceptors (Lipinski definition) is 2. The molecule has 1 aromatic rings. The molecule has 104 valence electrons. The topological polar surface area (TPSA) is 38.0 Å². The average molecular weight is 260 g/mol. The molecular formula is C16H24N2O. The molecule has 5 unspecified atom stereocenters. The molecule has 3 nitrogen and oxygen atoms in total. The molecule has 1 aromatic heterocycles. The molecule has 1 N–H and O–H groups in total. The minimum atomic E-state index is -0.582. The van der Waals surface area contributed by atoms with E-state index in [0.717, 1.165) is 42.8 Å². The molecule has 3 saturated carbocycles. The smallest absolute Gasteiger partial charge is 0.110 e. The molecule has 0 amide bonds. The van der Waals surface area contributed by atoms with E-state index in [4.69, 9.17) is 0 Å². The van der Waals surface area contributed by atoms with Crippen molar-refractivity contribution in [3.05, 3.63) is 18.0 Å². The highest BCUT2D eigenvalue weighted by Crippen LogP contribution is 2.65. The molecule has 19 heavy (non-hydrogen) atoms. The van der Waals surface area contributed by atoms with E-state index in [1.165, 1.54) is 25.7 Å². The molecule has 0 aromatic carbocycles. The molecule has 1 heterocycles. The number of hydrogen-bond donors (Lipinski definition) is 1. The van der Waals surface area contributed by atoms with Crippen LogP contribution in [0.2, 0.25) is 0 Å². The first kappa shape index (κ1) is 12.0. The minimum absolute atomic E-state index is 0.498. The fourth-order valence-electron chi connectivity index (χ4n) is 5.50. The van der Waals surface area contributed by atoms with Crippen molar-refractivity contribution in [3.63, 3.8) is 0 Å². The van der Waals surface area contributed by atoms with Crippen LogP contribution >= 0.6 is 0 Å². The predicted octanol–water partition coefficient (Wildman–Crippen LogP) is 2.94. The van der Waals surface area contributed by atoms with Gasteiger partial charge in [0.05, 0.1) is 5.69 Å². The van der Waals surface area contributed by atoms with Gasteiger partial charge in [0.25, 0.3) is 0 Å². The third-order valence-corrected chi connectivity index (χ3v) is 6.09. The molecule has 2 bridgehead atoms. The summed E-state index contributed by atoms with van der Waals surface area (Å²) < 4.78 is 2.05. The molecule has 0 aliphatic heterocycles. The maximum atomic E-state index is 11.3. The Balaban J connectivity index is 1.69. The highest BCUT2D eigenvalue weighted by Gasteiger charge is 2.61. The van der Waals surface area contributed by atoms with Gasteiger partial charge in [0.1, 0.15) is 5.60 Å². The summed E-state index contributed by atoms with van der Waals surface area (Å²) >= 11 is 0. The van der Waals surface area contributed by atoms with Crippen molar-refractivity contribution >= 4 is 0 Å². The second-order valence-corrected chi connectivity index (χ2v) is 6.93. The first-order chi connectivity index (χ1) is 9.24. The van der Waals surface area contributed by atoms with Gasteiger partial charge in [0.15, 0.2) is 0 Å². The standard InChI is InChI=1S/C16H24N2O/c1-2-8-18-15(6-7-17-18)16(19)10-11-9-14(16)13-5-3-4-12(11)13/h6-7,11-14,19H,2-5,8-10H2,1H3. The largest absolute Gasteiger partial charge is 0.383 e. The monoisotopic (exact) mass is 260 g/mol. The van der Waals surface area contributed by atoms with Crippen LogP contribution < -0.4 is 0 Å². The summed E-state index contributed by atoms with van der Waals surface area (Å²) in [5, 5.41) is 15.8. The maximum Gasteiger partial charge on any atom is 0.110 e. The van der Waals surface area contributed by atoms with Gasteiger partial charge >= 0.3 is 0 Å². The third kappa shape index (κ3) is 1.51. The van der Waals surface area contributed by atoms with Crippen molar-refractivity contribution in [2.45, 2.75) is 57.6 Å². The highest BCUT2D eigenvalue weighted by atomic mass is 16.3. The molecular weight excluding hydrogens is 236 g/mol. The normalized spacial score (nSPS) is 43.9. The maximum absolute atomic E-state index is 11.3. The van der Waals surface area contributed by atoms with E-state index >= 15 is 0 Å². The lowest BCUT2D eigenvalue weighted by molar-refractivity contribution is -0.0579. The van der Waals surface area contributed by atoms with E-state index in [1.807, 2.05) is 10.9 Å². The second-order valence-electron chi connectivity index (χ2n) is 6.93. The second kappa shape index (κ2) is 4.08. The van der Waals surface area contributed by atoms with Gasteiger partial charge in [-0.05, 0) is 61.8 Å². The van der Waals surface area contributed by atoms with Crippen molar-refractivity contribution in [3.8, 4) is 0 Å². The molecule has 0 radical (unpaired) electrons. The highest BCUT2D eigenvalue weighted by molar-refractivity contribution is 5.22. The molecule has 0 saturated heterocycles. The van der Waals surface area contributed by atoms with Gasteiger partial charge in [0.2, 0.25) is 0 Å². The molecule has 3 aliphatic carbocycles. The fraction of sp³-hybridized carbons (Fsp3) is 0.812. The van der Waals surface area contributed by atoms with Gasteiger partial charge in [-0.15, -0.1) is 0 Å². The fourth-order valence-corrected chi connectivity index (χ4v) is 5.50. The Hall–Kier alpha value is -0.830. The lowest BCUT2D eigenvalue weighted by Crippen LogP contribution is -2.40. The minimum Gasteiger partial charge on any atom is -0.383 e. The number of aromatic nitrogens is 2. The predicted molar refractivity (Wildman–Crippen MR) is 73.5 cm³/mol. The Morgan fingerprint density at radius 3 is 3.11 bits per heavy atom. The lowest BCUT2D eigenvalue weighted by atomic mass is 9.71. The van der Waals surface area contributed by atoms with Gasteiger partial charge in [-0.1, -0.05) is 13.3 Å². The first-order valence-electron chi connectivity index (χ1n) is 7.98. The molecule has 4 rings (SSSR count). The molecule has 0 spiro atoms. The average Bonchev–Trinajstić information content (AvgIpc) is 3.08. The van der Waals surface area contributed by atoms with E-state index in [1.54, 1.807) is 0 Å². The van der Waals surface area contributed by atoms with Crippen LogP contribution in [0.1, 0.15) is 51.1 Å². The summed E-state index contributed by atoms with van der Waals surface area (Å²) in [7, 11) is 0. The van der Waals surface area contributed by atoms with Crippen molar-refractivity contribution in [2.24, 2.45) is 23.7 Å². The summed E-state index contributed by atoms with van der Waals surface area (Å²) in [5.41, 5.74) is 0.508. The Morgan fingerprint density at radius 2 is 2.26 bits per heavy atom. The van der Waals surface area contributed by atoms with Gasteiger partial charge in [0, 0.05) is 12.7 Å². The van der Waals surface area contributed by atoms with Crippen LogP contribution in [-0.4, -0.2) is 14.9 Å². The summed E-state index contributed by atoms with van der Waals surface area (Å²) in [4.78, 5) is 0. The van der Waals surface area contributed by atoms with E-state index in [2.05, 4.69) is 18.1 Å². The van der Waals surface area contributed by atoms with Gasteiger partial charge in [-0.25, -0.2) is 0 Å². The van der Waals surface area contributed by atoms with Crippen molar-refractivity contribution in [1.29, 1.82) is 0 Å². The number of aliphatic hydroxyl groups is 1. The van der Waals surface area contributed by atoms with E-state index in [-0.39, 0.29) is 0 Å². The van der Waals surface area contributed by atoms with Gasteiger partial charge in [-0.3, -0.25) is 4.68 Å². The van der Waals surface area contributed by atoms with Crippen LogP contribution in [0.5, 0.6) is 0 Å². The zero-order chi connectivity index (χ0) is 13.0. The Morgan fingerprint density at radius 1 is 1.42 bits per heavy atom. The number of nitrogens with zero attached hydrogens (tertiary/aromatic N) is 2. The van der Waals surface area contributed by atoms with Crippen LogP contribution in [0, 0.1) is 23.7 Å². The van der Waals surface area contributed by atoms with Crippen LogP contribution in [0.3, 0.4) is 0 Å². The number of fused-ring (bicyclic) bond motifs is 5.